The molecule has 0 aliphatic carbocycles. The number of nitro benzene ring substituents is 2. The summed E-state index contributed by atoms with van der Waals surface area (Å²) in [5.74, 6) is 0. The van der Waals surface area contributed by atoms with Gasteiger partial charge in [0.1, 0.15) is 0 Å². The molecule has 0 aliphatic rings. The van der Waals surface area contributed by atoms with Gasteiger partial charge >= 0.3 is 0 Å². The van der Waals surface area contributed by atoms with E-state index in [-0.39, 0.29) is 11.4 Å². The molecule has 0 amide bonds. The first kappa shape index (κ1) is 18.7. The van der Waals surface area contributed by atoms with Crippen LogP contribution in [0.1, 0.15) is 22.4 Å². The van der Waals surface area contributed by atoms with Gasteiger partial charge < -0.3 is 0 Å². The summed E-state index contributed by atoms with van der Waals surface area (Å²) in [6.45, 7) is 0. The fraction of sp³-hybridized carbons (Fsp3) is 0. The van der Waals surface area contributed by atoms with Crippen molar-refractivity contribution in [3.8, 4) is 0 Å². The molecule has 7 heteroatoms. The Balaban J connectivity index is 1.77. The number of non-ortho nitro benzene ring substituents is 2. The van der Waals surface area contributed by atoms with Gasteiger partial charge in [-0.3, -0.25) is 25.2 Å². The molecule has 138 valence electrons. The van der Waals surface area contributed by atoms with Crippen LogP contribution in [-0.2, 0) is 0 Å². The molecule has 0 spiro atoms. The molecule has 0 saturated heterocycles. The van der Waals surface area contributed by atoms with Gasteiger partial charge in [-0.05, 0) is 34.9 Å². The molecule has 0 saturated carbocycles. The van der Waals surface area contributed by atoms with Gasteiger partial charge in [-0.1, -0.05) is 42.5 Å². The Morgan fingerprint density at radius 1 is 0.679 bits per heavy atom. The van der Waals surface area contributed by atoms with Crippen molar-refractivity contribution in [2.45, 2.75) is 0 Å². The highest BCUT2D eigenvalue weighted by Gasteiger charge is 2.04. The van der Waals surface area contributed by atoms with Crippen molar-refractivity contribution in [2.24, 2.45) is 0 Å². The van der Waals surface area contributed by atoms with Crippen LogP contribution in [0.5, 0.6) is 0 Å². The minimum absolute atomic E-state index is 0.0312. The highest BCUT2D eigenvalue weighted by molar-refractivity contribution is 5.73. The fourth-order valence-electron chi connectivity index (χ4n) is 2.52. The molecule has 0 atom stereocenters. The topological polar surface area (TPSA) is 99.2 Å². The molecule has 1 heterocycles. The van der Waals surface area contributed by atoms with Gasteiger partial charge in [0.2, 0.25) is 0 Å². The van der Waals surface area contributed by atoms with Crippen LogP contribution >= 0.6 is 0 Å². The minimum Gasteiger partial charge on any atom is -0.258 e. The molecule has 0 N–H and O–H groups in total. The summed E-state index contributed by atoms with van der Waals surface area (Å²) in [7, 11) is 0. The third-order valence-corrected chi connectivity index (χ3v) is 3.88. The van der Waals surface area contributed by atoms with Crippen LogP contribution < -0.4 is 0 Å². The molecule has 0 radical (unpaired) electrons. The number of pyridine rings is 1. The summed E-state index contributed by atoms with van der Waals surface area (Å²) in [6, 6.07) is 16.4. The standard InChI is InChI=1S/C21H15N3O4/c25-23(26)20-5-1-3-16(14-20)7-8-18-11-12-22-19(13-18)10-9-17-4-2-6-21(15-17)24(27)28/h1-15H. The summed E-state index contributed by atoms with van der Waals surface area (Å²) in [6.07, 6.45) is 8.80. The SMILES string of the molecule is O=[N+]([O-])c1cccc(C=Cc2ccnc(C=Cc3cccc([N+](=O)[O-])c3)c2)c1. The van der Waals surface area contributed by atoms with Crippen molar-refractivity contribution < 1.29 is 9.85 Å². The molecular weight excluding hydrogens is 358 g/mol. The van der Waals surface area contributed by atoms with E-state index >= 15 is 0 Å². The fourth-order valence-corrected chi connectivity index (χ4v) is 2.52. The van der Waals surface area contributed by atoms with Crippen molar-refractivity contribution in [1.29, 1.82) is 0 Å². The maximum absolute atomic E-state index is 10.8. The van der Waals surface area contributed by atoms with E-state index in [2.05, 4.69) is 4.98 Å². The molecule has 3 rings (SSSR count). The monoisotopic (exact) mass is 373 g/mol. The second kappa shape index (κ2) is 8.50. The van der Waals surface area contributed by atoms with E-state index in [1.54, 1.807) is 48.7 Å². The third kappa shape index (κ3) is 4.95. The molecule has 7 nitrogen and oxygen atoms in total. The van der Waals surface area contributed by atoms with Crippen LogP contribution in [-0.4, -0.2) is 14.8 Å². The minimum atomic E-state index is -0.436. The Kier molecular flexibility index (Phi) is 5.66. The highest BCUT2D eigenvalue weighted by atomic mass is 16.6. The number of hydrogen-bond donors (Lipinski definition) is 0. The third-order valence-electron chi connectivity index (χ3n) is 3.88. The van der Waals surface area contributed by atoms with E-state index in [1.807, 2.05) is 18.2 Å². The van der Waals surface area contributed by atoms with E-state index in [4.69, 9.17) is 0 Å². The maximum atomic E-state index is 10.8. The Morgan fingerprint density at radius 3 is 1.71 bits per heavy atom. The van der Waals surface area contributed by atoms with E-state index in [9.17, 15) is 20.2 Å². The molecular formula is C21H15N3O4. The Morgan fingerprint density at radius 2 is 1.18 bits per heavy atom. The normalized spacial score (nSPS) is 11.1. The van der Waals surface area contributed by atoms with Crippen molar-refractivity contribution in [3.05, 3.63) is 109 Å². The number of benzene rings is 2. The molecule has 0 bridgehead atoms. The zero-order valence-corrected chi connectivity index (χ0v) is 14.6. The Hall–Kier alpha value is -4.13. The Labute approximate surface area is 160 Å². The first-order valence-corrected chi connectivity index (χ1v) is 8.32. The van der Waals surface area contributed by atoms with Crippen molar-refractivity contribution >= 4 is 35.7 Å². The van der Waals surface area contributed by atoms with Crippen LogP contribution in [0.3, 0.4) is 0 Å². The molecule has 3 aromatic rings. The van der Waals surface area contributed by atoms with Crippen molar-refractivity contribution in [3.63, 3.8) is 0 Å². The summed E-state index contributed by atoms with van der Waals surface area (Å²) < 4.78 is 0. The summed E-state index contributed by atoms with van der Waals surface area (Å²) in [4.78, 5) is 25.1. The average Bonchev–Trinajstić information content (AvgIpc) is 2.71. The predicted octanol–water partition coefficient (Wildman–Crippen LogP) is 5.24. The van der Waals surface area contributed by atoms with Crippen LogP contribution in [0.15, 0.2) is 66.9 Å². The molecule has 1 aromatic heterocycles. The lowest BCUT2D eigenvalue weighted by atomic mass is 10.1. The van der Waals surface area contributed by atoms with Crippen LogP contribution in [0.25, 0.3) is 24.3 Å². The van der Waals surface area contributed by atoms with E-state index < -0.39 is 9.85 Å². The molecule has 0 fully saturated rings. The van der Waals surface area contributed by atoms with Gasteiger partial charge in [0.05, 0.1) is 15.5 Å². The molecule has 0 unspecified atom stereocenters. The van der Waals surface area contributed by atoms with Gasteiger partial charge in [-0.2, -0.15) is 0 Å². The predicted molar refractivity (Wildman–Crippen MR) is 108 cm³/mol. The molecule has 28 heavy (non-hydrogen) atoms. The van der Waals surface area contributed by atoms with E-state index in [0.29, 0.717) is 11.3 Å². The van der Waals surface area contributed by atoms with E-state index in [1.165, 1.54) is 24.3 Å². The summed E-state index contributed by atoms with van der Waals surface area (Å²) in [5.41, 5.74) is 3.06. The quantitative estimate of drug-likeness (QED) is 0.434. The van der Waals surface area contributed by atoms with Crippen molar-refractivity contribution in [2.75, 3.05) is 0 Å². The maximum Gasteiger partial charge on any atom is 0.270 e. The van der Waals surface area contributed by atoms with Gasteiger partial charge in [-0.15, -0.1) is 0 Å². The number of hydrogen-bond acceptors (Lipinski definition) is 5. The number of rotatable bonds is 6. The summed E-state index contributed by atoms with van der Waals surface area (Å²) in [5, 5.41) is 21.7. The first-order valence-electron chi connectivity index (χ1n) is 8.32. The molecule has 0 aliphatic heterocycles. The zero-order chi connectivity index (χ0) is 19.9. The second-order valence-corrected chi connectivity index (χ2v) is 5.88. The average molecular weight is 373 g/mol. The smallest absolute Gasteiger partial charge is 0.258 e. The van der Waals surface area contributed by atoms with Crippen LogP contribution in [0.2, 0.25) is 0 Å². The lowest BCUT2D eigenvalue weighted by Gasteiger charge is -1.98. The second-order valence-electron chi connectivity index (χ2n) is 5.88. The van der Waals surface area contributed by atoms with Gasteiger partial charge in [-0.25, -0.2) is 0 Å². The first-order chi connectivity index (χ1) is 13.5. The van der Waals surface area contributed by atoms with Crippen molar-refractivity contribution in [1.82, 2.24) is 4.98 Å². The van der Waals surface area contributed by atoms with Gasteiger partial charge in [0.25, 0.3) is 11.4 Å². The highest BCUT2D eigenvalue weighted by Crippen LogP contribution is 2.17. The largest absolute Gasteiger partial charge is 0.270 e. The summed E-state index contributed by atoms with van der Waals surface area (Å²) >= 11 is 0. The van der Waals surface area contributed by atoms with Gasteiger partial charge in [0, 0.05) is 30.5 Å². The number of nitrogens with zero attached hydrogens (tertiary/aromatic N) is 3. The van der Waals surface area contributed by atoms with Crippen LogP contribution in [0, 0.1) is 20.2 Å². The zero-order valence-electron chi connectivity index (χ0n) is 14.6. The lowest BCUT2D eigenvalue weighted by Crippen LogP contribution is -1.87. The number of nitro groups is 2. The van der Waals surface area contributed by atoms with Crippen LogP contribution in [0.4, 0.5) is 11.4 Å². The van der Waals surface area contributed by atoms with E-state index in [0.717, 1.165) is 11.1 Å². The number of aromatic nitrogens is 1. The molecule has 2 aromatic carbocycles. The Bertz CT molecular complexity index is 1010. The lowest BCUT2D eigenvalue weighted by molar-refractivity contribution is -0.385. The van der Waals surface area contributed by atoms with Gasteiger partial charge in [0.15, 0.2) is 0 Å².